The summed E-state index contributed by atoms with van der Waals surface area (Å²) in [6.45, 7) is 6.96. The maximum Gasteiger partial charge on any atom is 0.407 e. The third-order valence-electron chi connectivity index (χ3n) is 2.82. The van der Waals surface area contributed by atoms with E-state index in [1.54, 1.807) is 0 Å². The van der Waals surface area contributed by atoms with Crippen LogP contribution in [0.5, 0.6) is 0 Å². The molecular formula is C18H27NO5. The third kappa shape index (κ3) is 10.6. The molecule has 1 rings (SSSR count). The summed E-state index contributed by atoms with van der Waals surface area (Å²) < 4.78 is 15.6. The Hall–Kier alpha value is -2.08. The molecule has 1 aromatic carbocycles. The Kier molecular flexibility index (Phi) is 8.86. The Morgan fingerprint density at radius 1 is 1.08 bits per heavy atom. The molecule has 134 valence electrons. The zero-order valence-electron chi connectivity index (χ0n) is 14.7. The molecule has 0 aliphatic heterocycles. The van der Waals surface area contributed by atoms with Crippen LogP contribution in [0, 0.1) is 0 Å². The highest BCUT2D eigenvalue weighted by molar-refractivity contribution is 5.69. The van der Waals surface area contributed by atoms with Gasteiger partial charge in [0.05, 0.1) is 13.0 Å². The molecule has 0 saturated carbocycles. The highest BCUT2D eigenvalue weighted by Gasteiger charge is 2.15. The lowest BCUT2D eigenvalue weighted by molar-refractivity contribution is -0.156. The van der Waals surface area contributed by atoms with Gasteiger partial charge >= 0.3 is 12.1 Å². The number of carbonyl (C=O) groups excluding carboxylic acids is 2. The second-order valence-electron chi connectivity index (χ2n) is 6.29. The number of rotatable bonds is 9. The first-order valence-electron chi connectivity index (χ1n) is 8.11. The average molecular weight is 337 g/mol. The smallest absolute Gasteiger partial charge is 0.407 e. The van der Waals surface area contributed by atoms with Crippen molar-refractivity contribution < 1.29 is 23.8 Å². The lowest BCUT2D eigenvalue weighted by atomic mass is 10.2. The quantitative estimate of drug-likeness (QED) is 0.554. The minimum Gasteiger partial charge on any atom is -0.460 e. The fraction of sp³-hybridized carbons (Fsp3) is 0.556. The van der Waals surface area contributed by atoms with E-state index >= 15 is 0 Å². The number of hydrogen-bond acceptors (Lipinski definition) is 5. The topological polar surface area (TPSA) is 73.9 Å². The average Bonchev–Trinajstić information content (AvgIpc) is 2.51. The summed E-state index contributed by atoms with van der Waals surface area (Å²) in [7, 11) is 0. The van der Waals surface area contributed by atoms with Crippen molar-refractivity contribution in [3.8, 4) is 0 Å². The van der Waals surface area contributed by atoms with E-state index < -0.39 is 11.7 Å². The van der Waals surface area contributed by atoms with Gasteiger partial charge in [0.25, 0.3) is 0 Å². The second-order valence-corrected chi connectivity index (χ2v) is 6.29. The van der Waals surface area contributed by atoms with E-state index in [-0.39, 0.29) is 19.0 Å². The molecule has 0 aromatic heterocycles. The summed E-state index contributed by atoms with van der Waals surface area (Å²) >= 11 is 0. The van der Waals surface area contributed by atoms with Crippen LogP contribution in [0.25, 0.3) is 0 Å². The van der Waals surface area contributed by atoms with Gasteiger partial charge in [0.1, 0.15) is 12.2 Å². The zero-order valence-corrected chi connectivity index (χ0v) is 14.7. The van der Waals surface area contributed by atoms with Crippen LogP contribution >= 0.6 is 0 Å². The van der Waals surface area contributed by atoms with Crippen molar-refractivity contribution in [2.24, 2.45) is 0 Å². The van der Waals surface area contributed by atoms with Gasteiger partial charge in [-0.1, -0.05) is 30.3 Å². The molecule has 0 saturated heterocycles. The van der Waals surface area contributed by atoms with Crippen molar-refractivity contribution in [3.63, 3.8) is 0 Å². The zero-order chi connectivity index (χ0) is 17.8. The number of nitrogens with one attached hydrogen (secondary N) is 1. The van der Waals surface area contributed by atoms with Gasteiger partial charge in [0.2, 0.25) is 0 Å². The van der Waals surface area contributed by atoms with Crippen molar-refractivity contribution in [1.29, 1.82) is 0 Å². The molecule has 0 aliphatic carbocycles. The summed E-state index contributed by atoms with van der Waals surface area (Å²) in [6, 6.07) is 9.49. The van der Waals surface area contributed by atoms with Crippen molar-refractivity contribution in [2.75, 3.05) is 19.8 Å². The van der Waals surface area contributed by atoms with Crippen molar-refractivity contribution >= 4 is 12.1 Å². The van der Waals surface area contributed by atoms with E-state index in [4.69, 9.17) is 14.2 Å². The molecular weight excluding hydrogens is 310 g/mol. The molecule has 1 N–H and O–H groups in total. The van der Waals surface area contributed by atoms with Crippen LogP contribution in [-0.4, -0.2) is 37.4 Å². The van der Waals surface area contributed by atoms with Gasteiger partial charge < -0.3 is 19.5 Å². The van der Waals surface area contributed by atoms with Crippen molar-refractivity contribution in [2.45, 2.75) is 45.8 Å². The highest BCUT2D eigenvalue weighted by Crippen LogP contribution is 2.08. The van der Waals surface area contributed by atoms with Crippen LogP contribution in [-0.2, 0) is 25.6 Å². The van der Waals surface area contributed by atoms with Gasteiger partial charge in [-0.15, -0.1) is 0 Å². The highest BCUT2D eigenvalue weighted by atomic mass is 16.6. The van der Waals surface area contributed by atoms with Crippen LogP contribution in [0.15, 0.2) is 30.3 Å². The Labute approximate surface area is 143 Å². The number of benzene rings is 1. The standard InChI is InChI=1S/C18H27NO5/c1-18(2,3)24-16(20)10-13-22-12-7-11-19-17(21)23-14-15-8-5-4-6-9-15/h4-6,8-9H,7,10-14H2,1-3H3,(H,19,21). The minimum absolute atomic E-state index is 0.226. The molecule has 1 aromatic rings. The fourth-order valence-corrected chi connectivity index (χ4v) is 1.79. The van der Waals surface area contributed by atoms with Crippen LogP contribution in [0.4, 0.5) is 4.79 Å². The number of carbonyl (C=O) groups is 2. The van der Waals surface area contributed by atoms with E-state index in [9.17, 15) is 9.59 Å². The molecule has 0 aliphatic rings. The normalized spacial score (nSPS) is 11.0. The summed E-state index contributed by atoms with van der Waals surface area (Å²) in [6.07, 6.45) is 0.422. The van der Waals surface area contributed by atoms with Crippen LogP contribution in [0.3, 0.4) is 0 Å². The molecule has 24 heavy (non-hydrogen) atoms. The molecule has 0 radical (unpaired) electrons. The number of ether oxygens (including phenoxy) is 3. The molecule has 6 heteroatoms. The minimum atomic E-state index is -0.471. The summed E-state index contributed by atoms with van der Waals surface area (Å²) in [4.78, 5) is 22.9. The van der Waals surface area contributed by atoms with Gasteiger partial charge in [-0.25, -0.2) is 4.79 Å². The number of esters is 1. The maximum absolute atomic E-state index is 11.5. The lowest BCUT2D eigenvalue weighted by Gasteiger charge is -2.19. The summed E-state index contributed by atoms with van der Waals surface area (Å²) in [5.74, 6) is -0.273. The summed E-state index contributed by atoms with van der Waals surface area (Å²) in [5.41, 5.74) is 0.472. The molecule has 0 bridgehead atoms. The maximum atomic E-state index is 11.5. The van der Waals surface area contributed by atoms with Crippen LogP contribution in [0.1, 0.15) is 39.2 Å². The molecule has 0 fully saturated rings. The predicted octanol–water partition coefficient (Wildman–Crippen LogP) is 3.05. The summed E-state index contributed by atoms with van der Waals surface area (Å²) in [5, 5.41) is 2.65. The molecule has 0 atom stereocenters. The van der Waals surface area contributed by atoms with E-state index in [1.807, 2.05) is 51.1 Å². The second kappa shape index (κ2) is 10.6. The Morgan fingerprint density at radius 2 is 1.79 bits per heavy atom. The first-order chi connectivity index (χ1) is 11.4. The van der Waals surface area contributed by atoms with Crippen LogP contribution < -0.4 is 5.32 Å². The number of alkyl carbamates (subject to hydrolysis) is 1. The van der Waals surface area contributed by atoms with Gasteiger partial charge in [-0.3, -0.25) is 4.79 Å². The van der Waals surface area contributed by atoms with Crippen molar-refractivity contribution in [3.05, 3.63) is 35.9 Å². The van der Waals surface area contributed by atoms with Gasteiger partial charge in [0.15, 0.2) is 0 Å². The van der Waals surface area contributed by atoms with E-state index in [1.165, 1.54) is 0 Å². The lowest BCUT2D eigenvalue weighted by Crippen LogP contribution is -2.26. The number of amides is 1. The van der Waals surface area contributed by atoms with Crippen LogP contribution in [0.2, 0.25) is 0 Å². The van der Waals surface area contributed by atoms with E-state index in [0.29, 0.717) is 26.2 Å². The molecule has 0 spiro atoms. The van der Waals surface area contributed by atoms with E-state index in [0.717, 1.165) is 5.56 Å². The largest absolute Gasteiger partial charge is 0.460 e. The molecule has 1 amide bonds. The molecule has 0 unspecified atom stereocenters. The van der Waals surface area contributed by atoms with Gasteiger partial charge in [0, 0.05) is 13.2 Å². The van der Waals surface area contributed by atoms with Gasteiger partial charge in [-0.2, -0.15) is 0 Å². The Balaban J connectivity index is 1.96. The molecule has 6 nitrogen and oxygen atoms in total. The fourth-order valence-electron chi connectivity index (χ4n) is 1.79. The Morgan fingerprint density at radius 3 is 2.46 bits per heavy atom. The first-order valence-corrected chi connectivity index (χ1v) is 8.11. The SMILES string of the molecule is CC(C)(C)OC(=O)CCOCCCNC(=O)OCc1ccccc1. The Bertz CT molecular complexity index is 496. The monoisotopic (exact) mass is 337 g/mol. The predicted molar refractivity (Wildman–Crippen MR) is 90.5 cm³/mol. The van der Waals surface area contributed by atoms with Crippen molar-refractivity contribution in [1.82, 2.24) is 5.32 Å². The van der Waals surface area contributed by atoms with E-state index in [2.05, 4.69) is 5.32 Å². The first kappa shape index (κ1) is 20.0. The van der Waals surface area contributed by atoms with Gasteiger partial charge in [-0.05, 0) is 32.8 Å². The molecule has 0 heterocycles. The third-order valence-corrected chi connectivity index (χ3v) is 2.82. The number of hydrogen-bond donors (Lipinski definition) is 1.